The van der Waals surface area contributed by atoms with Crippen LogP contribution in [-0.4, -0.2) is 29.9 Å². The lowest BCUT2D eigenvalue weighted by Gasteiger charge is -2.25. The largest absolute Gasteiger partial charge is 0.465 e. The van der Waals surface area contributed by atoms with Gasteiger partial charge in [-0.25, -0.2) is 9.59 Å². The normalized spacial score (nSPS) is 19.6. The number of furan rings is 1. The molecule has 26 heavy (non-hydrogen) atoms. The first-order chi connectivity index (χ1) is 12.4. The third-order valence-electron chi connectivity index (χ3n) is 4.66. The highest BCUT2D eigenvalue weighted by molar-refractivity contribution is 6.07. The number of rotatable bonds is 5. The molecule has 0 bridgehead atoms. The second kappa shape index (κ2) is 6.67. The van der Waals surface area contributed by atoms with E-state index in [-0.39, 0.29) is 18.0 Å². The van der Waals surface area contributed by atoms with Crippen LogP contribution >= 0.6 is 0 Å². The molecule has 1 N–H and O–H groups in total. The molecule has 0 spiro atoms. The van der Waals surface area contributed by atoms with E-state index in [9.17, 15) is 14.4 Å². The van der Waals surface area contributed by atoms with E-state index in [1.54, 1.807) is 6.92 Å². The van der Waals surface area contributed by atoms with Crippen LogP contribution in [0.25, 0.3) is 0 Å². The van der Waals surface area contributed by atoms with Crippen LogP contribution in [0.1, 0.15) is 40.8 Å². The summed E-state index contributed by atoms with van der Waals surface area (Å²) in [7, 11) is 1.28. The van der Waals surface area contributed by atoms with Crippen molar-refractivity contribution >= 4 is 17.9 Å². The van der Waals surface area contributed by atoms with Crippen LogP contribution in [0.5, 0.6) is 0 Å². The van der Waals surface area contributed by atoms with Crippen LogP contribution in [0, 0.1) is 6.92 Å². The van der Waals surface area contributed by atoms with Gasteiger partial charge in [0.1, 0.15) is 22.6 Å². The Morgan fingerprint density at radius 3 is 2.58 bits per heavy atom. The average molecular weight is 356 g/mol. The highest BCUT2D eigenvalue weighted by atomic mass is 16.5. The van der Waals surface area contributed by atoms with E-state index < -0.39 is 17.5 Å². The van der Waals surface area contributed by atoms with Crippen LogP contribution in [0.2, 0.25) is 0 Å². The maximum atomic E-state index is 13.1. The number of aryl methyl sites for hydroxylation is 1. The summed E-state index contributed by atoms with van der Waals surface area (Å²) in [6.45, 7) is 3.42. The maximum Gasteiger partial charge on any atom is 0.341 e. The van der Waals surface area contributed by atoms with Crippen LogP contribution < -0.4 is 5.32 Å². The van der Waals surface area contributed by atoms with Crippen molar-refractivity contribution < 1.29 is 23.5 Å². The van der Waals surface area contributed by atoms with Crippen molar-refractivity contribution in [2.24, 2.45) is 0 Å². The van der Waals surface area contributed by atoms with E-state index in [1.807, 2.05) is 37.3 Å². The number of imide groups is 1. The van der Waals surface area contributed by atoms with Gasteiger partial charge < -0.3 is 14.5 Å². The van der Waals surface area contributed by atoms with Crippen LogP contribution in [0.15, 0.2) is 40.8 Å². The van der Waals surface area contributed by atoms with E-state index in [2.05, 4.69) is 5.32 Å². The molecule has 0 radical (unpaired) electrons. The van der Waals surface area contributed by atoms with Gasteiger partial charge in [-0.05, 0) is 25.0 Å². The lowest BCUT2D eigenvalue weighted by molar-refractivity contribution is -0.132. The van der Waals surface area contributed by atoms with Crippen LogP contribution in [0.4, 0.5) is 4.79 Å². The SMILES string of the molecule is CC[C@]1(c2ccccc2)NC(=O)N(Cc2cc(C(=O)OC)c(C)o2)C1=O. The molecule has 1 aliphatic rings. The monoisotopic (exact) mass is 356 g/mol. The lowest BCUT2D eigenvalue weighted by Crippen LogP contribution is -2.43. The molecule has 0 unspecified atom stereocenters. The number of esters is 1. The fourth-order valence-corrected chi connectivity index (χ4v) is 3.22. The van der Waals surface area contributed by atoms with Crippen molar-refractivity contribution in [1.29, 1.82) is 0 Å². The molecule has 1 aliphatic heterocycles. The average Bonchev–Trinajstić information content (AvgIpc) is 3.14. The van der Waals surface area contributed by atoms with E-state index in [0.29, 0.717) is 17.9 Å². The van der Waals surface area contributed by atoms with Crippen LogP contribution in [-0.2, 0) is 21.6 Å². The molecule has 3 rings (SSSR count). The molecule has 3 amide bonds. The summed E-state index contributed by atoms with van der Waals surface area (Å²) in [5, 5.41) is 2.81. The molecule has 2 aromatic rings. The highest BCUT2D eigenvalue weighted by Crippen LogP contribution is 2.33. The summed E-state index contributed by atoms with van der Waals surface area (Å²) in [6.07, 6.45) is 0.419. The molecule has 1 fully saturated rings. The summed E-state index contributed by atoms with van der Waals surface area (Å²) < 4.78 is 10.2. The van der Waals surface area contributed by atoms with Gasteiger partial charge in [0.2, 0.25) is 0 Å². The Morgan fingerprint density at radius 1 is 1.27 bits per heavy atom. The summed E-state index contributed by atoms with van der Waals surface area (Å²) in [6, 6.07) is 10.1. The standard InChI is InChI=1S/C19H20N2O5/c1-4-19(13-8-6-5-7-9-13)17(23)21(18(24)20-19)11-14-10-15(12(2)26-14)16(22)25-3/h5-10H,4,11H2,1-3H3,(H,20,24)/t19-/m1/s1. The lowest BCUT2D eigenvalue weighted by atomic mass is 9.87. The number of methoxy groups -OCH3 is 1. The van der Waals surface area contributed by atoms with E-state index in [1.165, 1.54) is 13.2 Å². The van der Waals surface area contributed by atoms with Gasteiger partial charge in [-0.2, -0.15) is 0 Å². The van der Waals surface area contributed by atoms with Crippen molar-refractivity contribution in [3.63, 3.8) is 0 Å². The Bertz CT molecular complexity index is 858. The van der Waals surface area contributed by atoms with Gasteiger partial charge in [0.15, 0.2) is 0 Å². The topological polar surface area (TPSA) is 88.8 Å². The van der Waals surface area contributed by atoms with Gasteiger partial charge in [-0.3, -0.25) is 9.69 Å². The van der Waals surface area contributed by atoms with Gasteiger partial charge in [-0.15, -0.1) is 0 Å². The number of ether oxygens (including phenoxy) is 1. The molecule has 1 aromatic carbocycles. The molecule has 136 valence electrons. The predicted octanol–water partition coefficient (Wildman–Crippen LogP) is 2.73. The van der Waals surface area contributed by atoms with Crippen molar-refractivity contribution in [3.05, 3.63) is 59.0 Å². The number of urea groups is 1. The molecule has 1 atom stereocenters. The molecule has 2 heterocycles. The van der Waals surface area contributed by atoms with E-state index >= 15 is 0 Å². The van der Waals surface area contributed by atoms with Crippen molar-refractivity contribution in [2.45, 2.75) is 32.4 Å². The van der Waals surface area contributed by atoms with E-state index in [0.717, 1.165) is 10.5 Å². The first-order valence-corrected chi connectivity index (χ1v) is 8.30. The Morgan fingerprint density at radius 2 is 1.96 bits per heavy atom. The Labute approximate surface area is 150 Å². The molecular weight excluding hydrogens is 336 g/mol. The Balaban J connectivity index is 1.89. The number of amides is 3. The second-order valence-corrected chi connectivity index (χ2v) is 6.12. The van der Waals surface area contributed by atoms with E-state index in [4.69, 9.17) is 9.15 Å². The molecule has 1 aromatic heterocycles. The highest BCUT2D eigenvalue weighted by Gasteiger charge is 2.51. The Hall–Kier alpha value is -3.09. The summed E-state index contributed by atoms with van der Waals surface area (Å²) >= 11 is 0. The van der Waals surface area contributed by atoms with Crippen molar-refractivity contribution in [2.75, 3.05) is 7.11 Å². The number of nitrogens with zero attached hydrogens (tertiary/aromatic N) is 1. The minimum atomic E-state index is -1.09. The predicted molar refractivity (Wildman–Crippen MR) is 92.3 cm³/mol. The number of hydrogen-bond acceptors (Lipinski definition) is 5. The molecule has 1 saturated heterocycles. The molecule has 0 aliphatic carbocycles. The quantitative estimate of drug-likeness (QED) is 0.657. The first kappa shape index (κ1) is 17.7. The van der Waals surface area contributed by atoms with Gasteiger partial charge in [-0.1, -0.05) is 37.3 Å². The van der Waals surface area contributed by atoms with Crippen LogP contribution in [0.3, 0.4) is 0 Å². The summed E-state index contributed by atoms with van der Waals surface area (Å²) in [5.74, 6) is -0.151. The van der Waals surface area contributed by atoms with Gasteiger partial charge >= 0.3 is 12.0 Å². The number of carbonyl (C=O) groups excluding carboxylic acids is 3. The Kier molecular flexibility index (Phi) is 4.54. The maximum absolute atomic E-state index is 13.1. The number of nitrogens with one attached hydrogen (secondary N) is 1. The molecule has 0 saturated carbocycles. The molecule has 7 nitrogen and oxygen atoms in total. The number of benzene rings is 1. The van der Waals surface area contributed by atoms with Gasteiger partial charge in [0, 0.05) is 0 Å². The van der Waals surface area contributed by atoms with Gasteiger partial charge in [0.05, 0.1) is 13.7 Å². The summed E-state index contributed by atoms with van der Waals surface area (Å²) in [4.78, 5) is 38.4. The zero-order valence-electron chi connectivity index (χ0n) is 14.9. The fraction of sp³-hybridized carbons (Fsp3) is 0.316. The third-order valence-corrected chi connectivity index (χ3v) is 4.66. The third kappa shape index (κ3) is 2.75. The number of hydrogen-bond donors (Lipinski definition) is 1. The summed E-state index contributed by atoms with van der Waals surface area (Å²) in [5.41, 5.74) is -0.0841. The zero-order chi connectivity index (χ0) is 18.9. The first-order valence-electron chi connectivity index (χ1n) is 8.30. The zero-order valence-corrected chi connectivity index (χ0v) is 14.9. The minimum Gasteiger partial charge on any atom is -0.465 e. The molecular formula is C19H20N2O5. The van der Waals surface area contributed by atoms with Crippen molar-refractivity contribution in [1.82, 2.24) is 10.2 Å². The smallest absolute Gasteiger partial charge is 0.341 e. The van der Waals surface area contributed by atoms with Gasteiger partial charge in [0.25, 0.3) is 5.91 Å². The fourth-order valence-electron chi connectivity index (χ4n) is 3.22. The second-order valence-electron chi connectivity index (χ2n) is 6.12. The molecule has 7 heteroatoms. The minimum absolute atomic E-state index is 0.0584. The van der Waals surface area contributed by atoms with Crippen molar-refractivity contribution in [3.8, 4) is 0 Å². The number of carbonyl (C=O) groups is 3.